The first kappa shape index (κ1) is 9.11. The smallest absolute Gasteiger partial charge is 0 e. The molecule has 0 aliphatic rings. The van der Waals surface area contributed by atoms with Crippen molar-refractivity contribution in [3.63, 3.8) is 0 Å². The summed E-state index contributed by atoms with van der Waals surface area (Å²) >= 11 is 0. The monoisotopic (exact) mass is 79.1 g/mol. The third-order valence-electron chi connectivity index (χ3n) is 0.329. The lowest BCUT2D eigenvalue weighted by Crippen LogP contribution is -1.33. The minimum Gasteiger partial charge on any atom is -0.0991 e. The molecule has 0 heterocycles. The van der Waals surface area contributed by atoms with Gasteiger partial charge in [0.05, 0.1) is 0 Å². The summed E-state index contributed by atoms with van der Waals surface area (Å²) < 4.78 is 0. The van der Waals surface area contributed by atoms with Crippen molar-refractivity contribution in [3.05, 3.63) is 24.8 Å². The van der Waals surface area contributed by atoms with Crippen LogP contribution < -0.4 is 0 Å². The second kappa shape index (κ2) is 8.82. The minimum atomic E-state index is 0. The molecule has 31 valence electrons. The van der Waals surface area contributed by atoms with Crippen molar-refractivity contribution in [1.29, 1.82) is 0 Å². The topological polar surface area (TPSA) is 0 Å². The molecule has 0 N–H and O–H groups in total. The average Bonchev–Trinajstić information content (AvgIpc) is 1.41. The van der Waals surface area contributed by atoms with Gasteiger partial charge in [0.25, 0.3) is 0 Å². The van der Waals surface area contributed by atoms with Crippen LogP contribution in [0.15, 0.2) is 24.8 Å². The Balaban J connectivity index is 0. The first-order valence-electron chi connectivity index (χ1n) is 1.65. The maximum absolute atomic E-state index is 3.46. The van der Waals surface area contributed by atoms with Gasteiger partial charge in [-0.15, -0.1) is 0 Å². The van der Waals surface area contributed by atoms with E-state index < -0.39 is 0 Å². The van der Waals surface area contributed by atoms with E-state index in [1.54, 1.807) is 6.08 Å². The van der Waals surface area contributed by atoms with Crippen LogP contribution in [0.1, 0.15) is 6.92 Å². The average molecular weight is 78.9 g/mol. The van der Waals surface area contributed by atoms with E-state index in [1.165, 1.54) is 0 Å². The Hall–Kier alpha value is -0.455. The van der Waals surface area contributed by atoms with Crippen molar-refractivity contribution in [2.45, 2.75) is 6.92 Å². The van der Waals surface area contributed by atoms with Crippen molar-refractivity contribution in [1.82, 2.24) is 0 Å². The Labute approximate surface area is 41.1 Å². The fourth-order valence-electron chi connectivity index (χ4n) is 0.136. The van der Waals surface area contributed by atoms with Crippen LogP contribution in [0.5, 0.6) is 0 Å². The van der Waals surface area contributed by atoms with E-state index in [9.17, 15) is 0 Å². The largest absolute Gasteiger partial charge is 0.0991 e. The van der Waals surface area contributed by atoms with E-state index in [4.69, 9.17) is 0 Å². The van der Waals surface area contributed by atoms with Gasteiger partial charge >= 0.3 is 0 Å². The Morgan fingerprint density at radius 3 is 2.00 bits per heavy atom. The summed E-state index contributed by atoms with van der Waals surface area (Å²) in [7, 11) is 0. The predicted molar refractivity (Wildman–Crippen MR) is 30.8 cm³/mol. The molecular weight excluding hydrogens is 70.9 g/mol. The molecule has 0 saturated heterocycles. The third kappa shape index (κ3) is 9.62. The van der Waals surface area contributed by atoms with E-state index >= 15 is 0 Å². The second-order valence-corrected chi connectivity index (χ2v) is 0.761. The summed E-state index contributed by atoms with van der Waals surface area (Å²) in [5, 5.41) is 0. The van der Waals surface area contributed by atoms with Crippen LogP contribution in [0.4, 0.5) is 0 Å². The summed E-state index contributed by atoms with van der Waals surface area (Å²) in [5.41, 5.74) is 0. The van der Waals surface area contributed by atoms with Gasteiger partial charge in [0.15, 0.2) is 0 Å². The molecule has 0 aromatic carbocycles. The normalized spacial score (nSPS) is 7.50. The van der Waals surface area contributed by atoms with Gasteiger partial charge in [-0.25, -0.2) is 0 Å². The molecule has 0 spiro atoms. The maximum atomic E-state index is 3.46. The van der Waals surface area contributed by atoms with E-state index in [0.717, 1.165) is 0 Å². The van der Waals surface area contributed by atoms with Gasteiger partial charge in [-0.3, -0.25) is 0 Å². The van der Waals surface area contributed by atoms with Crippen LogP contribution in [0.3, 0.4) is 0 Å². The first-order valence-corrected chi connectivity index (χ1v) is 1.65. The van der Waals surface area contributed by atoms with Crippen molar-refractivity contribution in [3.8, 4) is 0 Å². The Morgan fingerprint density at radius 1 is 1.50 bits per heavy atom. The van der Waals surface area contributed by atoms with Gasteiger partial charge in [0.1, 0.15) is 0 Å². The summed E-state index contributed by atoms with van der Waals surface area (Å²) in [6.07, 6.45) is 5.58. The maximum Gasteiger partial charge on any atom is 0 e. The Morgan fingerprint density at radius 2 is 2.00 bits per heavy atom. The van der Waals surface area contributed by atoms with Crippen LogP contribution in [0, 0.1) is 0 Å². The highest BCUT2D eigenvalue weighted by Crippen LogP contribution is 1.64. The lowest BCUT2D eigenvalue weighted by Gasteiger charge is -1.56. The lowest BCUT2D eigenvalue weighted by atomic mass is 10.5. The van der Waals surface area contributed by atoms with Crippen molar-refractivity contribution in [2.24, 2.45) is 0 Å². The molecule has 0 fully saturated rings. The molecule has 0 aliphatic heterocycles. The number of rotatable bonds is 1. The second-order valence-electron chi connectivity index (χ2n) is 0.761. The van der Waals surface area contributed by atoms with Gasteiger partial charge in [0.2, 0.25) is 0 Å². The summed E-state index contributed by atoms with van der Waals surface area (Å²) in [5.74, 6) is 0. The quantitative estimate of drug-likeness (QED) is 0.329. The van der Waals surface area contributed by atoms with Crippen molar-refractivity contribution >= 4 is 8.41 Å². The van der Waals surface area contributed by atoms with Gasteiger partial charge in [-0.1, -0.05) is 24.8 Å². The summed E-state index contributed by atoms with van der Waals surface area (Å²) in [6, 6.07) is 0. The van der Waals surface area contributed by atoms with Gasteiger partial charge in [-0.05, 0) is 6.92 Å². The molecule has 0 saturated carbocycles. The third-order valence-corrected chi connectivity index (χ3v) is 0.329. The number of hydrogen-bond donors (Lipinski definition) is 0. The first-order chi connectivity index (χ1) is 2.41. The molecule has 0 amide bonds. The molecule has 0 atom stereocenters. The lowest BCUT2D eigenvalue weighted by molar-refractivity contribution is 1.74. The Bertz CT molecular complexity index is 45.9. The highest BCUT2D eigenvalue weighted by atomic mass is 13.5. The molecule has 1 heteroatoms. The molecule has 6 heavy (non-hydrogen) atoms. The number of allylic oxidation sites excluding steroid dienone is 3. The van der Waals surface area contributed by atoms with E-state index in [1.807, 2.05) is 19.1 Å². The van der Waals surface area contributed by atoms with Crippen LogP contribution in [-0.2, 0) is 0 Å². The Kier molecular flexibility index (Phi) is 13.4. The molecule has 0 unspecified atom stereocenters. The van der Waals surface area contributed by atoms with E-state index in [0.29, 0.717) is 0 Å². The van der Waals surface area contributed by atoms with Crippen LogP contribution in [0.25, 0.3) is 0 Å². The standard InChI is InChI=1S/C5H8.B/c1-3-5-4-2;/h3-5H,1H2,2H3;. The molecule has 0 rings (SSSR count). The molecule has 0 aromatic rings. The zero-order valence-corrected chi connectivity index (χ0v) is 4.02. The predicted octanol–water partition coefficient (Wildman–Crippen LogP) is 1.37. The zero-order valence-electron chi connectivity index (χ0n) is 4.02. The molecule has 0 aliphatic carbocycles. The molecular formula is C5H8B. The fourth-order valence-corrected chi connectivity index (χ4v) is 0.136. The minimum absolute atomic E-state index is 0. The molecule has 0 nitrogen and oxygen atoms in total. The highest BCUT2D eigenvalue weighted by Gasteiger charge is 1.42. The van der Waals surface area contributed by atoms with E-state index in [-0.39, 0.29) is 8.41 Å². The summed E-state index contributed by atoms with van der Waals surface area (Å²) in [6.45, 7) is 5.42. The molecule has 3 radical (unpaired) electrons. The SMILES string of the molecule is C=CC=CC.[B]. The van der Waals surface area contributed by atoms with Crippen LogP contribution in [-0.4, -0.2) is 8.41 Å². The summed E-state index contributed by atoms with van der Waals surface area (Å²) in [4.78, 5) is 0. The molecule has 0 aromatic heterocycles. The fraction of sp³-hybridized carbons (Fsp3) is 0.200. The van der Waals surface area contributed by atoms with E-state index in [2.05, 4.69) is 6.58 Å². The van der Waals surface area contributed by atoms with Gasteiger partial charge < -0.3 is 0 Å². The van der Waals surface area contributed by atoms with Crippen molar-refractivity contribution < 1.29 is 0 Å². The van der Waals surface area contributed by atoms with Gasteiger partial charge in [-0.2, -0.15) is 0 Å². The molecule has 0 bridgehead atoms. The zero-order chi connectivity index (χ0) is 4.12. The van der Waals surface area contributed by atoms with Gasteiger partial charge in [0, 0.05) is 8.41 Å². The number of hydrogen-bond acceptors (Lipinski definition) is 0. The van der Waals surface area contributed by atoms with Crippen LogP contribution in [0.2, 0.25) is 0 Å². The highest BCUT2D eigenvalue weighted by molar-refractivity contribution is 5.75. The van der Waals surface area contributed by atoms with Crippen LogP contribution >= 0.6 is 0 Å². The van der Waals surface area contributed by atoms with Crippen molar-refractivity contribution in [2.75, 3.05) is 0 Å².